The topological polar surface area (TPSA) is 105 Å². The van der Waals surface area contributed by atoms with Gasteiger partial charge in [0.2, 0.25) is 5.91 Å². The number of carbonyl (C=O) groups excluding carboxylic acids is 1. The van der Waals surface area contributed by atoms with Gasteiger partial charge < -0.3 is 16.2 Å². The number of carboxylic acids is 1. The second kappa shape index (κ2) is 7.00. The summed E-state index contributed by atoms with van der Waals surface area (Å²) in [5.74, 6) is -0.995. The molecule has 0 aliphatic heterocycles. The number of nitrogens with two attached hydrogens (primary N) is 1. The van der Waals surface area contributed by atoms with Crippen LogP contribution in [0, 0.1) is 5.41 Å². The molecular formula is C14H21N3O3S. The van der Waals surface area contributed by atoms with Crippen molar-refractivity contribution in [1.29, 1.82) is 0 Å². The molecule has 1 heterocycles. The Kier molecular flexibility index (Phi) is 5.30. The Labute approximate surface area is 127 Å². The van der Waals surface area contributed by atoms with E-state index in [9.17, 15) is 9.59 Å². The van der Waals surface area contributed by atoms with E-state index < -0.39 is 11.4 Å². The maximum absolute atomic E-state index is 12.4. The van der Waals surface area contributed by atoms with E-state index in [1.165, 1.54) is 23.1 Å². The molecule has 0 radical (unpaired) electrons. The molecule has 0 atom stereocenters. The van der Waals surface area contributed by atoms with E-state index in [0.29, 0.717) is 19.5 Å². The smallest absolute Gasteiger partial charge is 0.355 e. The van der Waals surface area contributed by atoms with Crippen LogP contribution >= 0.6 is 11.3 Å². The Morgan fingerprint density at radius 3 is 2.67 bits per heavy atom. The van der Waals surface area contributed by atoms with Crippen LogP contribution in [0.1, 0.15) is 47.6 Å². The van der Waals surface area contributed by atoms with E-state index in [2.05, 4.69) is 10.3 Å². The van der Waals surface area contributed by atoms with Crippen molar-refractivity contribution >= 4 is 23.2 Å². The first-order valence-electron chi connectivity index (χ1n) is 7.23. The lowest BCUT2D eigenvalue weighted by atomic mass is 9.73. The summed E-state index contributed by atoms with van der Waals surface area (Å²) in [6.07, 6.45) is 5.54. The molecule has 1 amide bonds. The number of nitrogens with one attached hydrogen (secondary N) is 1. The average molecular weight is 311 g/mol. The molecule has 0 bridgehead atoms. The zero-order valence-electron chi connectivity index (χ0n) is 11.9. The summed E-state index contributed by atoms with van der Waals surface area (Å²) in [4.78, 5) is 27.1. The van der Waals surface area contributed by atoms with Gasteiger partial charge in [-0.15, -0.1) is 11.3 Å². The van der Waals surface area contributed by atoms with Crippen molar-refractivity contribution in [2.45, 2.75) is 38.5 Å². The Balaban J connectivity index is 1.84. The van der Waals surface area contributed by atoms with Crippen molar-refractivity contribution in [1.82, 2.24) is 10.3 Å². The van der Waals surface area contributed by atoms with Gasteiger partial charge in [0.25, 0.3) is 0 Å². The molecule has 1 aliphatic carbocycles. The summed E-state index contributed by atoms with van der Waals surface area (Å²) in [6.45, 7) is 0.854. The summed E-state index contributed by atoms with van der Waals surface area (Å²) in [5, 5.41) is 14.0. The molecule has 1 fully saturated rings. The van der Waals surface area contributed by atoms with Crippen molar-refractivity contribution in [2.75, 3.05) is 13.1 Å². The summed E-state index contributed by atoms with van der Waals surface area (Å²) < 4.78 is 0. The number of aromatic carboxylic acids is 1. The Hall–Kier alpha value is -1.47. The van der Waals surface area contributed by atoms with E-state index in [4.69, 9.17) is 10.8 Å². The van der Waals surface area contributed by atoms with E-state index in [1.807, 2.05) is 0 Å². The molecule has 1 aliphatic rings. The molecule has 0 spiro atoms. The number of amides is 1. The van der Waals surface area contributed by atoms with Crippen molar-refractivity contribution in [2.24, 2.45) is 11.1 Å². The van der Waals surface area contributed by atoms with Crippen molar-refractivity contribution in [3.8, 4) is 0 Å². The number of aromatic nitrogens is 1. The molecular weight excluding hydrogens is 290 g/mol. The number of carbonyl (C=O) groups is 2. The summed E-state index contributed by atoms with van der Waals surface area (Å²) in [6, 6.07) is 0. The number of carboxylic acid groups (broad SMARTS) is 1. The highest BCUT2D eigenvalue weighted by atomic mass is 32.1. The van der Waals surface area contributed by atoms with Crippen LogP contribution in [0.25, 0.3) is 0 Å². The third-order valence-corrected chi connectivity index (χ3v) is 4.99. The van der Waals surface area contributed by atoms with Crippen LogP contribution in [0.3, 0.4) is 0 Å². The van der Waals surface area contributed by atoms with Crippen molar-refractivity contribution < 1.29 is 14.7 Å². The molecule has 0 unspecified atom stereocenters. The zero-order valence-corrected chi connectivity index (χ0v) is 12.7. The van der Waals surface area contributed by atoms with Gasteiger partial charge in [-0.1, -0.05) is 19.3 Å². The highest BCUT2D eigenvalue weighted by Crippen LogP contribution is 2.35. The molecule has 4 N–H and O–H groups in total. The van der Waals surface area contributed by atoms with Crippen LogP contribution in [0.2, 0.25) is 0 Å². The molecule has 1 saturated carbocycles. The summed E-state index contributed by atoms with van der Waals surface area (Å²) >= 11 is 1.30. The zero-order chi connectivity index (χ0) is 15.3. The third kappa shape index (κ3) is 3.79. The van der Waals surface area contributed by atoms with Crippen LogP contribution in [0.5, 0.6) is 0 Å². The highest BCUT2D eigenvalue weighted by molar-refractivity contribution is 7.09. The van der Waals surface area contributed by atoms with Gasteiger partial charge in [0, 0.05) is 24.9 Å². The predicted octanol–water partition coefficient (Wildman–Crippen LogP) is 1.41. The molecule has 7 heteroatoms. The lowest BCUT2D eigenvalue weighted by Gasteiger charge is -2.34. The first kappa shape index (κ1) is 15.9. The van der Waals surface area contributed by atoms with Gasteiger partial charge >= 0.3 is 5.97 Å². The molecule has 21 heavy (non-hydrogen) atoms. The normalized spacial score (nSPS) is 17.4. The number of rotatable bonds is 6. The molecule has 0 aromatic carbocycles. The van der Waals surface area contributed by atoms with Crippen LogP contribution in [0.4, 0.5) is 0 Å². The van der Waals surface area contributed by atoms with Crippen LogP contribution in [0.15, 0.2) is 5.38 Å². The quantitative estimate of drug-likeness (QED) is 0.736. The standard InChI is InChI=1S/C14H21N3O3S/c15-9-14(5-2-1-3-6-14)13(20)16-7-4-11-17-10(8-21-11)12(18)19/h8H,1-7,9,15H2,(H,16,20)(H,18,19). The second-order valence-electron chi connectivity index (χ2n) is 5.48. The molecule has 0 saturated heterocycles. The molecule has 116 valence electrons. The molecule has 6 nitrogen and oxygen atoms in total. The number of thiazole rings is 1. The first-order chi connectivity index (χ1) is 10.1. The maximum atomic E-state index is 12.4. The minimum Gasteiger partial charge on any atom is -0.476 e. The van der Waals surface area contributed by atoms with Crippen LogP contribution in [-0.4, -0.2) is 35.1 Å². The van der Waals surface area contributed by atoms with Crippen molar-refractivity contribution in [3.05, 3.63) is 16.1 Å². The van der Waals surface area contributed by atoms with E-state index in [0.717, 1.165) is 30.7 Å². The van der Waals surface area contributed by atoms with Gasteiger partial charge in [-0.05, 0) is 12.8 Å². The molecule has 1 aromatic rings. The molecule has 1 aromatic heterocycles. The fourth-order valence-electron chi connectivity index (χ4n) is 2.75. The number of hydrogen-bond donors (Lipinski definition) is 3. The Bertz CT molecular complexity index is 509. The minimum absolute atomic E-state index is 0.0275. The summed E-state index contributed by atoms with van der Waals surface area (Å²) in [5.41, 5.74) is 5.47. The number of hydrogen-bond acceptors (Lipinski definition) is 5. The first-order valence-corrected chi connectivity index (χ1v) is 8.11. The molecule has 2 rings (SSSR count). The number of nitrogens with zero attached hydrogens (tertiary/aromatic N) is 1. The van der Waals surface area contributed by atoms with Gasteiger partial charge in [-0.2, -0.15) is 0 Å². The van der Waals surface area contributed by atoms with E-state index in [-0.39, 0.29) is 11.6 Å². The van der Waals surface area contributed by atoms with Gasteiger partial charge in [-0.25, -0.2) is 9.78 Å². The monoisotopic (exact) mass is 311 g/mol. The lowest BCUT2D eigenvalue weighted by molar-refractivity contribution is -0.132. The van der Waals surface area contributed by atoms with Crippen LogP contribution in [-0.2, 0) is 11.2 Å². The fraction of sp³-hybridized carbons (Fsp3) is 0.643. The van der Waals surface area contributed by atoms with Gasteiger partial charge in [-0.3, -0.25) is 4.79 Å². The van der Waals surface area contributed by atoms with Gasteiger partial charge in [0.1, 0.15) is 0 Å². The van der Waals surface area contributed by atoms with E-state index in [1.54, 1.807) is 0 Å². The highest BCUT2D eigenvalue weighted by Gasteiger charge is 2.37. The van der Waals surface area contributed by atoms with Crippen LogP contribution < -0.4 is 11.1 Å². The summed E-state index contributed by atoms with van der Waals surface area (Å²) in [7, 11) is 0. The van der Waals surface area contributed by atoms with Crippen molar-refractivity contribution in [3.63, 3.8) is 0 Å². The SMILES string of the molecule is NCC1(C(=O)NCCc2nc(C(=O)O)cs2)CCCCC1. The van der Waals surface area contributed by atoms with Gasteiger partial charge in [0.15, 0.2) is 5.69 Å². The third-order valence-electron chi connectivity index (χ3n) is 4.08. The average Bonchev–Trinajstić information content (AvgIpc) is 2.97. The minimum atomic E-state index is -1.02. The van der Waals surface area contributed by atoms with E-state index >= 15 is 0 Å². The lowest BCUT2D eigenvalue weighted by Crippen LogP contribution is -2.47. The largest absolute Gasteiger partial charge is 0.476 e. The fourth-order valence-corrected chi connectivity index (χ4v) is 3.52. The Morgan fingerprint density at radius 1 is 1.38 bits per heavy atom. The maximum Gasteiger partial charge on any atom is 0.355 e. The van der Waals surface area contributed by atoms with Gasteiger partial charge in [0.05, 0.1) is 10.4 Å². The predicted molar refractivity (Wildman–Crippen MR) is 80.4 cm³/mol. The Morgan fingerprint density at radius 2 is 2.10 bits per heavy atom. The second-order valence-corrected chi connectivity index (χ2v) is 6.43.